The first-order valence-electron chi connectivity index (χ1n) is 4.39. The monoisotopic (exact) mass is 251 g/mol. The fourth-order valence-corrected chi connectivity index (χ4v) is 2.38. The van der Waals surface area contributed by atoms with Crippen molar-refractivity contribution >= 4 is 32.6 Å². The minimum Gasteiger partial charge on any atom is -0.352 e. The molecule has 1 aromatic carbocycles. The molecule has 1 heterocycles. The number of ketones is 1. The van der Waals surface area contributed by atoms with Crippen LogP contribution in [0.15, 0.2) is 22.7 Å². The van der Waals surface area contributed by atoms with Gasteiger partial charge in [-0.15, -0.1) is 0 Å². The van der Waals surface area contributed by atoms with E-state index < -0.39 is 0 Å². The first kappa shape index (κ1) is 9.46. The molecule has 14 heavy (non-hydrogen) atoms. The number of halogens is 1. The van der Waals surface area contributed by atoms with Gasteiger partial charge < -0.3 is 4.98 Å². The van der Waals surface area contributed by atoms with Crippen molar-refractivity contribution in [3.05, 3.63) is 33.9 Å². The summed E-state index contributed by atoms with van der Waals surface area (Å²) in [5.41, 5.74) is 2.72. The van der Waals surface area contributed by atoms with Gasteiger partial charge in [0.1, 0.15) is 0 Å². The van der Waals surface area contributed by atoms with Crippen molar-refractivity contribution in [3.63, 3.8) is 0 Å². The van der Waals surface area contributed by atoms with E-state index in [1.165, 1.54) is 0 Å². The van der Waals surface area contributed by atoms with Gasteiger partial charge in [-0.25, -0.2) is 0 Å². The standard InChI is InChI=1S/C11H10BrNO/c1-6-10-8(12)4-3-5-9(10)13-11(6)7(2)14/h3-5,13H,1-2H3. The number of carbonyl (C=O) groups excluding carboxylic acids is 1. The fraction of sp³-hybridized carbons (Fsp3) is 0.182. The minimum atomic E-state index is 0.0746. The fourth-order valence-electron chi connectivity index (χ4n) is 1.71. The van der Waals surface area contributed by atoms with Gasteiger partial charge in [-0.05, 0) is 24.6 Å². The molecule has 0 radical (unpaired) electrons. The van der Waals surface area contributed by atoms with Gasteiger partial charge in [0.05, 0.1) is 5.69 Å². The average Bonchev–Trinajstić information content (AvgIpc) is 2.45. The van der Waals surface area contributed by atoms with Crippen LogP contribution < -0.4 is 0 Å². The molecule has 3 heteroatoms. The van der Waals surface area contributed by atoms with Gasteiger partial charge in [0, 0.05) is 22.3 Å². The van der Waals surface area contributed by atoms with E-state index in [1.807, 2.05) is 25.1 Å². The van der Waals surface area contributed by atoms with Gasteiger partial charge in [-0.1, -0.05) is 22.0 Å². The summed E-state index contributed by atoms with van der Waals surface area (Å²) in [6, 6.07) is 5.90. The lowest BCUT2D eigenvalue weighted by atomic mass is 10.1. The Morgan fingerprint density at radius 1 is 1.43 bits per heavy atom. The van der Waals surface area contributed by atoms with E-state index in [0.717, 1.165) is 20.9 Å². The lowest BCUT2D eigenvalue weighted by Gasteiger charge is -1.94. The highest BCUT2D eigenvalue weighted by atomic mass is 79.9. The maximum Gasteiger partial charge on any atom is 0.176 e. The number of hydrogen-bond donors (Lipinski definition) is 1. The Morgan fingerprint density at radius 2 is 2.14 bits per heavy atom. The van der Waals surface area contributed by atoms with Crippen LogP contribution in [0.4, 0.5) is 0 Å². The number of hydrogen-bond acceptors (Lipinski definition) is 1. The lowest BCUT2D eigenvalue weighted by molar-refractivity contribution is 0.101. The summed E-state index contributed by atoms with van der Waals surface area (Å²) >= 11 is 3.48. The smallest absolute Gasteiger partial charge is 0.176 e. The first-order chi connectivity index (χ1) is 6.61. The molecule has 72 valence electrons. The molecule has 2 rings (SSSR count). The summed E-state index contributed by atoms with van der Waals surface area (Å²) in [6.45, 7) is 3.53. The van der Waals surface area contributed by atoms with Crippen molar-refractivity contribution in [2.45, 2.75) is 13.8 Å². The van der Waals surface area contributed by atoms with Crippen LogP contribution in [0.1, 0.15) is 23.0 Å². The number of carbonyl (C=O) groups is 1. The predicted octanol–water partition coefficient (Wildman–Crippen LogP) is 3.44. The van der Waals surface area contributed by atoms with Crippen molar-refractivity contribution in [2.75, 3.05) is 0 Å². The van der Waals surface area contributed by atoms with Gasteiger partial charge in [-0.3, -0.25) is 4.79 Å². The highest BCUT2D eigenvalue weighted by molar-refractivity contribution is 9.10. The van der Waals surface area contributed by atoms with Crippen LogP contribution in [0, 0.1) is 6.92 Å². The maximum absolute atomic E-state index is 11.3. The second kappa shape index (κ2) is 3.24. The zero-order chi connectivity index (χ0) is 10.3. The van der Waals surface area contributed by atoms with Crippen molar-refractivity contribution < 1.29 is 4.79 Å². The van der Waals surface area contributed by atoms with E-state index in [9.17, 15) is 4.79 Å². The Morgan fingerprint density at radius 3 is 2.71 bits per heavy atom. The molecule has 0 amide bonds. The maximum atomic E-state index is 11.3. The Balaban J connectivity index is 2.87. The highest BCUT2D eigenvalue weighted by Crippen LogP contribution is 2.28. The van der Waals surface area contributed by atoms with Crippen LogP contribution in [0.5, 0.6) is 0 Å². The van der Waals surface area contributed by atoms with E-state index >= 15 is 0 Å². The summed E-state index contributed by atoms with van der Waals surface area (Å²) in [5.74, 6) is 0.0746. The number of nitrogens with one attached hydrogen (secondary N) is 1. The van der Waals surface area contributed by atoms with Gasteiger partial charge in [0.25, 0.3) is 0 Å². The molecule has 0 bridgehead atoms. The van der Waals surface area contributed by atoms with E-state index in [2.05, 4.69) is 20.9 Å². The molecule has 0 saturated carbocycles. The van der Waals surface area contributed by atoms with Crippen molar-refractivity contribution in [1.29, 1.82) is 0 Å². The number of aromatic nitrogens is 1. The number of Topliss-reactive ketones (excluding diaryl/α,β-unsaturated/α-hetero) is 1. The molecule has 0 fully saturated rings. The van der Waals surface area contributed by atoms with E-state index in [0.29, 0.717) is 5.69 Å². The quantitative estimate of drug-likeness (QED) is 0.775. The summed E-state index contributed by atoms with van der Waals surface area (Å²) in [4.78, 5) is 14.4. The molecular weight excluding hydrogens is 242 g/mol. The third-order valence-electron chi connectivity index (χ3n) is 2.38. The van der Waals surface area contributed by atoms with Crippen molar-refractivity contribution in [2.24, 2.45) is 0 Å². The molecule has 0 aliphatic rings. The first-order valence-corrected chi connectivity index (χ1v) is 5.18. The molecule has 0 atom stereocenters. The Kier molecular flexibility index (Phi) is 2.19. The summed E-state index contributed by atoms with van der Waals surface area (Å²) < 4.78 is 1.02. The van der Waals surface area contributed by atoms with E-state index in [1.54, 1.807) is 6.92 Å². The molecule has 0 spiro atoms. The van der Waals surface area contributed by atoms with Gasteiger partial charge in [0.15, 0.2) is 5.78 Å². The number of aromatic amines is 1. The molecule has 1 N–H and O–H groups in total. The number of rotatable bonds is 1. The SMILES string of the molecule is CC(=O)c1[nH]c2cccc(Br)c2c1C. The van der Waals surface area contributed by atoms with Crippen molar-refractivity contribution in [1.82, 2.24) is 4.98 Å². The minimum absolute atomic E-state index is 0.0746. The van der Waals surface area contributed by atoms with E-state index in [-0.39, 0.29) is 5.78 Å². The Labute approximate surface area is 90.4 Å². The van der Waals surface area contributed by atoms with Crippen LogP contribution >= 0.6 is 15.9 Å². The number of fused-ring (bicyclic) bond motifs is 1. The molecule has 0 unspecified atom stereocenters. The van der Waals surface area contributed by atoms with Crippen LogP contribution in [0.25, 0.3) is 10.9 Å². The summed E-state index contributed by atoms with van der Waals surface area (Å²) in [5, 5.41) is 1.10. The highest BCUT2D eigenvalue weighted by Gasteiger charge is 2.12. The van der Waals surface area contributed by atoms with Crippen LogP contribution in [0.2, 0.25) is 0 Å². The van der Waals surface area contributed by atoms with Crippen molar-refractivity contribution in [3.8, 4) is 0 Å². The predicted molar refractivity (Wildman–Crippen MR) is 60.7 cm³/mol. The second-order valence-corrected chi connectivity index (χ2v) is 4.20. The summed E-state index contributed by atoms with van der Waals surface area (Å²) in [6.07, 6.45) is 0. The van der Waals surface area contributed by atoms with Crippen LogP contribution in [0.3, 0.4) is 0 Å². The second-order valence-electron chi connectivity index (χ2n) is 3.34. The molecule has 2 aromatic rings. The third-order valence-corrected chi connectivity index (χ3v) is 3.04. The molecule has 0 saturated heterocycles. The molecule has 0 aliphatic carbocycles. The Hall–Kier alpha value is -1.09. The topological polar surface area (TPSA) is 32.9 Å². The van der Waals surface area contributed by atoms with Crippen LogP contribution in [-0.4, -0.2) is 10.8 Å². The molecule has 0 aliphatic heterocycles. The number of aryl methyl sites for hydroxylation is 1. The van der Waals surface area contributed by atoms with Crippen LogP contribution in [-0.2, 0) is 0 Å². The molecule has 2 nitrogen and oxygen atoms in total. The Bertz CT molecular complexity index is 513. The zero-order valence-electron chi connectivity index (χ0n) is 8.02. The van der Waals surface area contributed by atoms with E-state index in [4.69, 9.17) is 0 Å². The number of H-pyrrole nitrogens is 1. The lowest BCUT2D eigenvalue weighted by Crippen LogP contribution is -1.93. The van der Waals surface area contributed by atoms with Gasteiger partial charge >= 0.3 is 0 Å². The number of benzene rings is 1. The zero-order valence-corrected chi connectivity index (χ0v) is 9.60. The molecular formula is C11H10BrNO. The van der Waals surface area contributed by atoms with Gasteiger partial charge in [-0.2, -0.15) is 0 Å². The summed E-state index contributed by atoms with van der Waals surface area (Å²) in [7, 11) is 0. The average molecular weight is 252 g/mol. The normalized spacial score (nSPS) is 10.8. The largest absolute Gasteiger partial charge is 0.352 e. The third kappa shape index (κ3) is 1.28. The molecule has 1 aromatic heterocycles. The van der Waals surface area contributed by atoms with Gasteiger partial charge in [0.2, 0.25) is 0 Å².